The smallest absolute Gasteiger partial charge is 0.147 e. The van der Waals surface area contributed by atoms with Crippen molar-refractivity contribution in [3.05, 3.63) is 0 Å². The topological polar surface area (TPSA) is 77.2 Å². The summed E-state index contributed by atoms with van der Waals surface area (Å²) in [6, 6.07) is 0. The maximum atomic E-state index is 12.0. The highest BCUT2D eigenvalue weighted by molar-refractivity contribution is 7.90. The Labute approximate surface area is 104 Å². The van der Waals surface area contributed by atoms with Crippen LogP contribution < -0.4 is 5.73 Å². The minimum Gasteiger partial charge on any atom is -0.330 e. The molecule has 1 aliphatic carbocycles. The molecule has 1 fully saturated rings. The average molecular weight is 261 g/mol. The summed E-state index contributed by atoms with van der Waals surface area (Å²) in [6.45, 7) is 0.572. The summed E-state index contributed by atoms with van der Waals surface area (Å²) in [5, 5.41) is 0. The van der Waals surface area contributed by atoms with E-state index in [1.807, 2.05) is 0 Å². The van der Waals surface area contributed by atoms with Crippen LogP contribution in [0.2, 0.25) is 0 Å². The molecule has 2 N–H and O–H groups in total. The van der Waals surface area contributed by atoms with Gasteiger partial charge < -0.3 is 5.73 Å². The summed E-state index contributed by atoms with van der Waals surface area (Å²) in [7, 11) is -2.95. The van der Waals surface area contributed by atoms with Gasteiger partial charge in [-0.2, -0.15) is 0 Å². The maximum Gasteiger partial charge on any atom is 0.147 e. The van der Waals surface area contributed by atoms with E-state index in [-0.39, 0.29) is 17.5 Å². The van der Waals surface area contributed by atoms with E-state index in [0.29, 0.717) is 25.3 Å². The predicted molar refractivity (Wildman–Crippen MR) is 68.5 cm³/mol. The number of sulfone groups is 1. The molecule has 0 bridgehead atoms. The lowest BCUT2D eigenvalue weighted by molar-refractivity contribution is -0.125. The van der Waals surface area contributed by atoms with Gasteiger partial charge in [-0.25, -0.2) is 8.42 Å². The standard InChI is InChI=1S/C12H23NO3S/c1-17(15,16)8-4-7-12(14)11-6-3-2-5-10(11)9-13/h10-11H,2-9,13H2,1H3. The fraction of sp³-hybridized carbons (Fsp3) is 0.917. The van der Waals surface area contributed by atoms with Crippen LogP contribution in [0.15, 0.2) is 0 Å². The van der Waals surface area contributed by atoms with Crippen molar-refractivity contribution < 1.29 is 13.2 Å². The van der Waals surface area contributed by atoms with E-state index in [2.05, 4.69) is 0 Å². The first-order chi connectivity index (χ1) is 7.94. The maximum absolute atomic E-state index is 12.0. The predicted octanol–water partition coefficient (Wildman–Crippen LogP) is 1.15. The zero-order chi connectivity index (χ0) is 12.9. The summed E-state index contributed by atoms with van der Waals surface area (Å²) < 4.78 is 22.0. The second-order valence-electron chi connectivity index (χ2n) is 5.09. The van der Waals surface area contributed by atoms with Crippen molar-refractivity contribution in [2.24, 2.45) is 17.6 Å². The van der Waals surface area contributed by atoms with Gasteiger partial charge in [0.15, 0.2) is 0 Å². The van der Waals surface area contributed by atoms with Gasteiger partial charge in [-0.15, -0.1) is 0 Å². The van der Waals surface area contributed by atoms with E-state index >= 15 is 0 Å². The Bertz CT molecular complexity index is 351. The summed E-state index contributed by atoms with van der Waals surface area (Å²) in [4.78, 5) is 12.0. The molecule has 0 aromatic heterocycles. The SMILES string of the molecule is CS(=O)(=O)CCCC(=O)C1CCCCC1CN. The van der Waals surface area contributed by atoms with Gasteiger partial charge in [0, 0.05) is 18.6 Å². The normalized spacial score (nSPS) is 25.8. The molecule has 1 rings (SSSR count). The van der Waals surface area contributed by atoms with Crippen molar-refractivity contribution >= 4 is 15.6 Å². The van der Waals surface area contributed by atoms with E-state index in [9.17, 15) is 13.2 Å². The third-order valence-corrected chi connectivity index (χ3v) is 4.59. The molecule has 100 valence electrons. The van der Waals surface area contributed by atoms with Crippen LogP contribution in [0.3, 0.4) is 0 Å². The monoisotopic (exact) mass is 261 g/mol. The molecule has 0 saturated heterocycles. The number of carbonyl (C=O) groups is 1. The molecule has 0 heterocycles. The number of rotatable bonds is 6. The molecule has 2 unspecified atom stereocenters. The Morgan fingerprint density at radius 2 is 1.94 bits per heavy atom. The molecule has 2 atom stereocenters. The summed E-state index contributed by atoms with van der Waals surface area (Å²) in [5.41, 5.74) is 5.68. The molecule has 0 aliphatic heterocycles. The van der Waals surface area contributed by atoms with Crippen LogP contribution in [0.5, 0.6) is 0 Å². The van der Waals surface area contributed by atoms with Gasteiger partial charge in [0.25, 0.3) is 0 Å². The lowest BCUT2D eigenvalue weighted by atomic mass is 9.76. The molecule has 4 nitrogen and oxygen atoms in total. The summed E-state index contributed by atoms with van der Waals surface area (Å²) in [5.74, 6) is 0.713. The Balaban J connectivity index is 2.40. The largest absolute Gasteiger partial charge is 0.330 e. The van der Waals surface area contributed by atoms with Crippen molar-refractivity contribution in [3.63, 3.8) is 0 Å². The van der Waals surface area contributed by atoms with Crippen LogP contribution in [0, 0.1) is 11.8 Å². The number of hydrogen-bond donors (Lipinski definition) is 1. The lowest BCUT2D eigenvalue weighted by Crippen LogP contribution is -2.32. The van der Waals surface area contributed by atoms with Gasteiger partial charge in [0.1, 0.15) is 15.6 Å². The van der Waals surface area contributed by atoms with Crippen LogP contribution in [0.4, 0.5) is 0 Å². The van der Waals surface area contributed by atoms with Crippen LogP contribution in [-0.4, -0.2) is 32.8 Å². The van der Waals surface area contributed by atoms with Crippen LogP contribution in [-0.2, 0) is 14.6 Å². The number of Topliss-reactive ketones (excluding diaryl/α,β-unsaturated/α-hetero) is 1. The van der Waals surface area contributed by atoms with Crippen LogP contribution in [0.1, 0.15) is 38.5 Å². The van der Waals surface area contributed by atoms with Gasteiger partial charge in [0.05, 0.1) is 5.75 Å². The minimum atomic E-state index is -2.95. The second-order valence-corrected chi connectivity index (χ2v) is 7.35. The molecule has 0 spiro atoms. The zero-order valence-corrected chi connectivity index (χ0v) is 11.3. The molecular formula is C12H23NO3S. The van der Waals surface area contributed by atoms with E-state index in [4.69, 9.17) is 5.73 Å². The van der Waals surface area contributed by atoms with E-state index < -0.39 is 9.84 Å². The highest BCUT2D eigenvalue weighted by atomic mass is 32.2. The van der Waals surface area contributed by atoms with Gasteiger partial charge >= 0.3 is 0 Å². The number of ketones is 1. The molecule has 17 heavy (non-hydrogen) atoms. The molecule has 0 aromatic rings. The van der Waals surface area contributed by atoms with Crippen molar-refractivity contribution in [3.8, 4) is 0 Å². The van der Waals surface area contributed by atoms with Crippen molar-refractivity contribution in [2.75, 3.05) is 18.6 Å². The van der Waals surface area contributed by atoms with Gasteiger partial charge in [-0.3, -0.25) is 4.79 Å². The average Bonchev–Trinajstić information content (AvgIpc) is 2.27. The third kappa shape index (κ3) is 5.17. The Morgan fingerprint density at radius 1 is 1.29 bits per heavy atom. The highest BCUT2D eigenvalue weighted by Gasteiger charge is 2.29. The lowest BCUT2D eigenvalue weighted by Gasteiger charge is -2.29. The molecular weight excluding hydrogens is 238 g/mol. The fourth-order valence-electron chi connectivity index (χ4n) is 2.61. The first kappa shape index (κ1) is 14.6. The van der Waals surface area contributed by atoms with E-state index in [0.717, 1.165) is 25.7 Å². The van der Waals surface area contributed by atoms with Gasteiger partial charge in [-0.05, 0) is 31.7 Å². The Morgan fingerprint density at radius 3 is 2.53 bits per heavy atom. The molecule has 5 heteroatoms. The molecule has 0 radical (unpaired) electrons. The van der Waals surface area contributed by atoms with Crippen molar-refractivity contribution in [2.45, 2.75) is 38.5 Å². The van der Waals surface area contributed by atoms with Gasteiger partial charge in [0.2, 0.25) is 0 Å². The van der Waals surface area contributed by atoms with Crippen molar-refractivity contribution in [1.29, 1.82) is 0 Å². The molecule has 1 saturated carbocycles. The third-order valence-electron chi connectivity index (χ3n) is 3.56. The first-order valence-electron chi connectivity index (χ1n) is 6.34. The summed E-state index contributed by atoms with van der Waals surface area (Å²) in [6.07, 6.45) is 6.27. The fourth-order valence-corrected chi connectivity index (χ4v) is 3.28. The van der Waals surface area contributed by atoms with Crippen LogP contribution >= 0.6 is 0 Å². The second kappa shape index (κ2) is 6.50. The molecule has 0 aromatic carbocycles. The number of carbonyl (C=O) groups excluding carboxylic acids is 1. The zero-order valence-electron chi connectivity index (χ0n) is 10.5. The van der Waals surface area contributed by atoms with E-state index in [1.165, 1.54) is 6.26 Å². The number of nitrogens with two attached hydrogens (primary N) is 1. The van der Waals surface area contributed by atoms with Crippen LogP contribution in [0.25, 0.3) is 0 Å². The summed E-state index contributed by atoms with van der Waals surface area (Å²) >= 11 is 0. The van der Waals surface area contributed by atoms with E-state index in [1.54, 1.807) is 0 Å². The quantitative estimate of drug-likeness (QED) is 0.778. The first-order valence-corrected chi connectivity index (χ1v) is 8.40. The number of hydrogen-bond acceptors (Lipinski definition) is 4. The Kier molecular flexibility index (Phi) is 5.59. The van der Waals surface area contributed by atoms with Crippen molar-refractivity contribution in [1.82, 2.24) is 0 Å². The Hall–Kier alpha value is -0.420. The molecule has 0 amide bonds. The van der Waals surface area contributed by atoms with Gasteiger partial charge in [-0.1, -0.05) is 12.8 Å². The highest BCUT2D eigenvalue weighted by Crippen LogP contribution is 2.30. The minimum absolute atomic E-state index is 0.0771. The molecule has 1 aliphatic rings.